The number of anilines is 3. The molecule has 0 fully saturated rings. The van der Waals surface area contributed by atoms with Gasteiger partial charge in [-0.25, -0.2) is 9.97 Å². The van der Waals surface area contributed by atoms with E-state index in [1.54, 1.807) is 38.3 Å². The average Bonchev–Trinajstić information content (AvgIpc) is 2.69. The van der Waals surface area contributed by atoms with Crippen molar-refractivity contribution in [2.75, 3.05) is 17.7 Å². The van der Waals surface area contributed by atoms with Crippen LogP contribution in [0.1, 0.15) is 30.2 Å². The molecule has 150 valence electrons. The second-order valence-corrected chi connectivity index (χ2v) is 6.69. The molecule has 2 aromatic carbocycles. The van der Waals surface area contributed by atoms with E-state index in [1.165, 1.54) is 0 Å². The number of methoxy groups -OCH3 is 1. The van der Waals surface area contributed by atoms with Crippen LogP contribution in [0.4, 0.5) is 17.2 Å². The molecule has 1 aromatic heterocycles. The summed E-state index contributed by atoms with van der Waals surface area (Å²) in [6, 6.07) is 16.3. The Labute approximate surface area is 170 Å². The summed E-state index contributed by atoms with van der Waals surface area (Å²) in [5, 5.41) is 6.02. The molecule has 0 aliphatic carbocycles. The lowest BCUT2D eigenvalue weighted by molar-refractivity contribution is 0.102. The van der Waals surface area contributed by atoms with Crippen molar-refractivity contribution in [2.45, 2.75) is 26.9 Å². The Hall–Kier alpha value is -3.61. The highest BCUT2D eigenvalue weighted by Gasteiger charge is 2.12. The van der Waals surface area contributed by atoms with Gasteiger partial charge in [-0.15, -0.1) is 0 Å². The molecule has 0 saturated carbocycles. The second kappa shape index (κ2) is 9.05. The van der Waals surface area contributed by atoms with Gasteiger partial charge in [0.1, 0.15) is 28.8 Å². The van der Waals surface area contributed by atoms with Gasteiger partial charge < -0.3 is 20.1 Å². The van der Waals surface area contributed by atoms with Gasteiger partial charge in [0.15, 0.2) is 0 Å². The topological polar surface area (TPSA) is 85.4 Å². The smallest absolute Gasteiger partial charge is 0.274 e. The van der Waals surface area contributed by atoms with E-state index in [-0.39, 0.29) is 17.7 Å². The third kappa shape index (κ3) is 5.68. The molecule has 2 N–H and O–H groups in total. The number of rotatable bonds is 7. The first-order chi connectivity index (χ1) is 13.9. The lowest BCUT2D eigenvalue weighted by Gasteiger charge is -2.12. The number of hydrogen-bond acceptors (Lipinski definition) is 6. The summed E-state index contributed by atoms with van der Waals surface area (Å²) in [6.07, 6.45) is 0.115. The fraction of sp³-hybridized carbons (Fsp3) is 0.227. The first kappa shape index (κ1) is 20.1. The minimum atomic E-state index is -0.326. The molecule has 3 aromatic rings. The minimum absolute atomic E-state index is 0.115. The maximum atomic E-state index is 12.6. The van der Waals surface area contributed by atoms with E-state index in [0.717, 1.165) is 11.4 Å². The largest absolute Gasteiger partial charge is 0.497 e. The quantitative estimate of drug-likeness (QED) is 0.612. The number of carbonyl (C=O) groups excluding carboxylic acids is 1. The number of nitrogens with one attached hydrogen (secondary N) is 2. The summed E-state index contributed by atoms with van der Waals surface area (Å²) in [7, 11) is 1.58. The molecule has 7 nitrogen and oxygen atoms in total. The van der Waals surface area contributed by atoms with Crippen molar-refractivity contribution >= 4 is 23.1 Å². The Morgan fingerprint density at radius 3 is 2.41 bits per heavy atom. The fourth-order valence-corrected chi connectivity index (χ4v) is 2.68. The summed E-state index contributed by atoms with van der Waals surface area (Å²) in [5.74, 6) is 2.15. The van der Waals surface area contributed by atoms with Crippen molar-refractivity contribution in [3.05, 3.63) is 66.1 Å². The predicted octanol–water partition coefficient (Wildman–Crippen LogP) is 4.58. The molecule has 0 spiro atoms. The third-order valence-corrected chi connectivity index (χ3v) is 3.90. The number of aromatic nitrogens is 2. The first-order valence-corrected chi connectivity index (χ1v) is 9.28. The monoisotopic (exact) mass is 392 g/mol. The van der Waals surface area contributed by atoms with Crippen molar-refractivity contribution in [2.24, 2.45) is 0 Å². The molecule has 0 bridgehead atoms. The molecular formula is C22H24N4O3. The Morgan fingerprint density at radius 1 is 0.966 bits per heavy atom. The van der Waals surface area contributed by atoms with E-state index in [2.05, 4.69) is 20.6 Å². The van der Waals surface area contributed by atoms with Crippen molar-refractivity contribution in [3.63, 3.8) is 0 Å². The summed E-state index contributed by atoms with van der Waals surface area (Å²) in [5.41, 5.74) is 1.72. The Balaban J connectivity index is 1.74. The number of carbonyl (C=O) groups is 1. The molecule has 0 atom stereocenters. The summed E-state index contributed by atoms with van der Waals surface area (Å²) >= 11 is 0. The first-order valence-electron chi connectivity index (χ1n) is 9.28. The summed E-state index contributed by atoms with van der Waals surface area (Å²) < 4.78 is 10.8. The van der Waals surface area contributed by atoms with Crippen LogP contribution in [0.5, 0.6) is 11.5 Å². The van der Waals surface area contributed by atoms with Crippen LogP contribution in [-0.2, 0) is 0 Å². The Bertz CT molecular complexity index is 988. The molecule has 1 heterocycles. The van der Waals surface area contributed by atoms with E-state index >= 15 is 0 Å². The molecule has 0 aliphatic heterocycles. The molecule has 1 amide bonds. The molecular weight excluding hydrogens is 368 g/mol. The van der Waals surface area contributed by atoms with E-state index in [1.807, 2.05) is 44.2 Å². The van der Waals surface area contributed by atoms with Crippen LogP contribution in [0.25, 0.3) is 0 Å². The molecule has 29 heavy (non-hydrogen) atoms. The zero-order valence-electron chi connectivity index (χ0n) is 16.9. The van der Waals surface area contributed by atoms with Crippen LogP contribution >= 0.6 is 0 Å². The van der Waals surface area contributed by atoms with Gasteiger partial charge in [-0.05, 0) is 57.2 Å². The average molecular weight is 392 g/mol. The van der Waals surface area contributed by atoms with E-state index < -0.39 is 0 Å². The van der Waals surface area contributed by atoms with Crippen LogP contribution in [0.2, 0.25) is 0 Å². The SMILES string of the molecule is COc1cccc(NC(=O)c2cc(Nc3ccc(OC(C)C)cc3)nc(C)n2)c1. The molecule has 0 aliphatic rings. The predicted molar refractivity (Wildman–Crippen MR) is 113 cm³/mol. The van der Waals surface area contributed by atoms with Crippen LogP contribution in [0.3, 0.4) is 0 Å². The number of aryl methyl sites for hydroxylation is 1. The van der Waals surface area contributed by atoms with E-state index in [9.17, 15) is 4.79 Å². The van der Waals surface area contributed by atoms with Gasteiger partial charge >= 0.3 is 0 Å². The summed E-state index contributed by atoms with van der Waals surface area (Å²) in [6.45, 7) is 5.70. The maximum absolute atomic E-state index is 12.6. The zero-order chi connectivity index (χ0) is 20.8. The zero-order valence-corrected chi connectivity index (χ0v) is 16.9. The lowest BCUT2D eigenvalue weighted by Crippen LogP contribution is -2.15. The highest BCUT2D eigenvalue weighted by Crippen LogP contribution is 2.21. The number of ether oxygens (including phenoxy) is 2. The van der Waals surface area contributed by atoms with Gasteiger partial charge in [-0.2, -0.15) is 0 Å². The van der Waals surface area contributed by atoms with Crippen molar-refractivity contribution in [1.82, 2.24) is 9.97 Å². The van der Waals surface area contributed by atoms with Gasteiger partial charge in [0, 0.05) is 23.5 Å². The second-order valence-electron chi connectivity index (χ2n) is 6.69. The summed E-state index contributed by atoms with van der Waals surface area (Å²) in [4.78, 5) is 21.2. The van der Waals surface area contributed by atoms with Gasteiger partial charge in [0.2, 0.25) is 0 Å². The van der Waals surface area contributed by atoms with Gasteiger partial charge in [-0.3, -0.25) is 4.79 Å². The highest BCUT2D eigenvalue weighted by molar-refractivity contribution is 6.03. The maximum Gasteiger partial charge on any atom is 0.274 e. The number of nitrogens with zero attached hydrogens (tertiary/aromatic N) is 2. The van der Waals surface area contributed by atoms with Gasteiger partial charge in [0.25, 0.3) is 5.91 Å². The lowest BCUT2D eigenvalue weighted by atomic mass is 10.2. The fourth-order valence-electron chi connectivity index (χ4n) is 2.68. The highest BCUT2D eigenvalue weighted by atomic mass is 16.5. The minimum Gasteiger partial charge on any atom is -0.497 e. The van der Waals surface area contributed by atoms with Crippen LogP contribution in [0.15, 0.2) is 54.6 Å². The van der Waals surface area contributed by atoms with Crippen molar-refractivity contribution in [3.8, 4) is 11.5 Å². The van der Waals surface area contributed by atoms with Crippen LogP contribution in [0, 0.1) is 6.92 Å². The normalized spacial score (nSPS) is 10.5. The molecule has 3 rings (SSSR count). The standard InChI is InChI=1S/C22H24N4O3/c1-14(2)29-18-10-8-16(9-11-18)25-21-13-20(23-15(3)24-21)22(27)26-17-6-5-7-19(12-17)28-4/h5-14H,1-4H3,(H,26,27)(H,23,24,25). The number of hydrogen-bond donors (Lipinski definition) is 2. The van der Waals surface area contributed by atoms with Gasteiger partial charge in [0.05, 0.1) is 13.2 Å². The number of amides is 1. The number of benzene rings is 2. The molecule has 0 unspecified atom stereocenters. The van der Waals surface area contributed by atoms with E-state index in [4.69, 9.17) is 9.47 Å². The van der Waals surface area contributed by atoms with E-state index in [0.29, 0.717) is 23.1 Å². The van der Waals surface area contributed by atoms with Crippen LogP contribution in [-0.4, -0.2) is 29.1 Å². The Kier molecular flexibility index (Phi) is 6.29. The van der Waals surface area contributed by atoms with Crippen molar-refractivity contribution in [1.29, 1.82) is 0 Å². The van der Waals surface area contributed by atoms with Crippen LogP contribution < -0.4 is 20.1 Å². The van der Waals surface area contributed by atoms with Crippen molar-refractivity contribution < 1.29 is 14.3 Å². The molecule has 7 heteroatoms. The molecule has 0 radical (unpaired) electrons. The Morgan fingerprint density at radius 2 is 1.72 bits per heavy atom. The third-order valence-electron chi connectivity index (χ3n) is 3.90. The molecule has 0 saturated heterocycles. The van der Waals surface area contributed by atoms with Gasteiger partial charge in [-0.1, -0.05) is 6.07 Å².